The number of benzene rings is 2. The van der Waals surface area contributed by atoms with E-state index < -0.39 is 5.91 Å². The number of halogens is 1. The number of carbonyl (C=O) groups excluding carboxylic acids is 3. The van der Waals surface area contributed by atoms with Crippen LogP contribution >= 0.6 is 11.6 Å². The summed E-state index contributed by atoms with van der Waals surface area (Å²) in [7, 11) is 0. The zero-order chi connectivity index (χ0) is 24.8. The number of nitrogens with two attached hydrogens (primary N) is 1. The van der Waals surface area contributed by atoms with E-state index in [-0.39, 0.29) is 24.3 Å². The number of hydrogen-bond acceptors (Lipinski definition) is 5. The number of ether oxygens (including phenoxy) is 1. The van der Waals surface area contributed by atoms with Crippen LogP contribution in [0.4, 0.5) is 5.82 Å². The summed E-state index contributed by atoms with van der Waals surface area (Å²) in [6, 6.07) is 17.3. The number of hydrogen-bond donors (Lipinski definition) is 2. The van der Waals surface area contributed by atoms with Gasteiger partial charge in [-0.15, -0.1) is 0 Å². The van der Waals surface area contributed by atoms with Crippen molar-refractivity contribution in [3.05, 3.63) is 88.6 Å². The van der Waals surface area contributed by atoms with Gasteiger partial charge in [0.1, 0.15) is 18.2 Å². The molecule has 0 aliphatic carbocycles. The Hall–Kier alpha value is -3.91. The summed E-state index contributed by atoms with van der Waals surface area (Å²) in [6.07, 6.45) is 2.61. The maximum absolute atomic E-state index is 13.1. The fraction of sp³-hybridized carbons (Fsp3) is 0.231. The molecule has 0 spiro atoms. The molecular weight excluding hydrogens is 468 g/mol. The van der Waals surface area contributed by atoms with Crippen molar-refractivity contribution in [2.45, 2.75) is 19.4 Å². The largest absolute Gasteiger partial charge is 0.488 e. The average Bonchev–Trinajstić information content (AvgIpc) is 2.88. The topological polar surface area (TPSA) is 115 Å². The molecule has 0 unspecified atom stereocenters. The van der Waals surface area contributed by atoms with Crippen molar-refractivity contribution in [1.29, 1.82) is 0 Å². The zero-order valence-corrected chi connectivity index (χ0v) is 19.7. The molecule has 2 heterocycles. The van der Waals surface area contributed by atoms with Crippen molar-refractivity contribution < 1.29 is 19.1 Å². The van der Waals surface area contributed by atoms with Gasteiger partial charge in [0.05, 0.1) is 10.6 Å². The number of para-hydroxylation sites is 1. The van der Waals surface area contributed by atoms with Gasteiger partial charge in [-0.25, -0.2) is 4.98 Å². The van der Waals surface area contributed by atoms with E-state index in [1.807, 2.05) is 6.07 Å². The first-order chi connectivity index (χ1) is 16.9. The standard InChI is InChI=1S/C26H25ClN4O4/c27-20-8-9-23(29-15-20)30-25(33)18-10-12-31(13-11-18)26(34)19-5-3-4-17(14-19)16-35-22-7-2-1-6-21(22)24(28)32/h1-9,14-15,18H,10-13,16H2,(H2,28,32)(H,29,30,33). The van der Waals surface area contributed by atoms with E-state index in [0.717, 1.165) is 5.56 Å². The van der Waals surface area contributed by atoms with Gasteiger partial charge in [0, 0.05) is 30.8 Å². The number of primary amides is 1. The summed E-state index contributed by atoms with van der Waals surface area (Å²) < 4.78 is 5.78. The van der Waals surface area contributed by atoms with E-state index in [0.29, 0.717) is 53.6 Å². The van der Waals surface area contributed by atoms with Crippen molar-refractivity contribution >= 4 is 35.1 Å². The number of rotatable bonds is 7. The minimum absolute atomic E-state index is 0.0948. The molecule has 2 aromatic carbocycles. The highest BCUT2D eigenvalue weighted by Crippen LogP contribution is 2.22. The first-order valence-electron chi connectivity index (χ1n) is 11.2. The summed E-state index contributed by atoms with van der Waals surface area (Å²) in [6.45, 7) is 1.15. The second kappa shape index (κ2) is 11.0. The lowest BCUT2D eigenvalue weighted by Crippen LogP contribution is -2.41. The Kier molecular flexibility index (Phi) is 7.62. The van der Waals surface area contributed by atoms with Crippen LogP contribution in [0.2, 0.25) is 5.02 Å². The van der Waals surface area contributed by atoms with Crippen LogP contribution in [0.5, 0.6) is 5.75 Å². The molecule has 3 aromatic rings. The van der Waals surface area contributed by atoms with Crippen LogP contribution in [0.25, 0.3) is 0 Å². The van der Waals surface area contributed by atoms with Gasteiger partial charge in [0.25, 0.3) is 11.8 Å². The molecule has 3 N–H and O–H groups in total. The number of pyridine rings is 1. The summed E-state index contributed by atoms with van der Waals surface area (Å²) >= 11 is 5.83. The van der Waals surface area contributed by atoms with Crippen LogP contribution in [-0.2, 0) is 11.4 Å². The minimum Gasteiger partial charge on any atom is -0.488 e. The van der Waals surface area contributed by atoms with Gasteiger partial charge in [-0.3, -0.25) is 14.4 Å². The van der Waals surface area contributed by atoms with Crippen molar-refractivity contribution in [2.75, 3.05) is 18.4 Å². The second-order valence-corrected chi connectivity index (χ2v) is 8.70. The smallest absolute Gasteiger partial charge is 0.253 e. The third kappa shape index (κ3) is 6.16. The Morgan fingerprint density at radius 3 is 2.54 bits per heavy atom. The molecule has 1 saturated heterocycles. The van der Waals surface area contributed by atoms with Gasteiger partial charge in [-0.1, -0.05) is 35.9 Å². The van der Waals surface area contributed by atoms with E-state index in [1.165, 1.54) is 6.20 Å². The van der Waals surface area contributed by atoms with Gasteiger partial charge in [0.15, 0.2) is 0 Å². The number of nitrogens with zero attached hydrogens (tertiary/aromatic N) is 2. The molecule has 0 saturated carbocycles. The lowest BCUT2D eigenvalue weighted by atomic mass is 9.95. The molecule has 1 aliphatic rings. The molecular formula is C26H25ClN4O4. The van der Waals surface area contributed by atoms with Gasteiger partial charge >= 0.3 is 0 Å². The lowest BCUT2D eigenvalue weighted by molar-refractivity contribution is -0.121. The summed E-state index contributed by atoms with van der Waals surface area (Å²) in [5, 5.41) is 3.31. The molecule has 1 fully saturated rings. The maximum atomic E-state index is 13.1. The Bertz CT molecular complexity index is 1220. The zero-order valence-electron chi connectivity index (χ0n) is 18.9. The van der Waals surface area contributed by atoms with Crippen molar-refractivity contribution in [3.63, 3.8) is 0 Å². The van der Waals surface area contributed by atoms with Gasteiger partial charge in [0.2, 0.25) is 5.91 Å². The third-order valence-corrected chi connectivity index (χ3v) is 6.08. The van der Waals surface area contributed by atoms with Gasteiger partial charge in [-0.05, 0) is 54.8 Å². The van der Waals surface area contributed by atoms with Crippen LogP contribution in [-0.4, -0.2) is 40.7 Å². The van der Waals surface area contributed by atoms with Crippen molar-refractivity contribution in [2.24, 2.45) is 11.7 Å². The Labute approximate surface area is 208 Å². The summed E-state index contributed by atoms with van der Waals surface area (Å²) in [4.78, 5) is 43.1. The number of aromatic nitrogens is 1. The molecule has 1 aromatic heterocycles. The summed E-state index contributed by atoms with van der Waals surface area (Å²) in [5.74, 6) is -0.112. The number of anilines is 1. The fourth-order valence-corrected chi connectivity index (χ4v) is 4.07. The number of amides is 3. The summed E-state index contributed by atoms with van der Waals surface area (Å²) in [5.41, 5.74) is 7.04. The number of piperidine rings is 1. The minimum atomic E-state index is -0.564. The fourth-order valence-electron chi connectivity index (χ4n) is 3.96. The maximum Gasteiger partial charge on any atom is 0.253 e. The van der Waals surface area contributed by atoms with Crippen molar-refractivity contribution in [1.82, 2.24) is 9.88 Å². The molecule has 8 nitrogen and oxygen atoms in total. The second-order valence-electron chi connectivity index (χ2n) is 8.27. The van der Waals surface area contributed by atoms with E-state index in [4.69, 9.17) is 22.1 Å². The van der Waals surface area contributed by atoms with Crippen LogP contribution < -0.4 is 15.8 Å². The number of nitrogens with one attached hydrogen (secondary N) is 1. The van der Waals surface area contributed by atoms with Crippen LogP contribution in [0.15, 0.2) is 66.9 Å². The normalized spacial score (nSPS) is 13.8. The SMILES string of the molecule is NC(=O)c1ccccc1OCc1cccc(C(=O)N2CCC(C(=O)Nc3ccc(Cl)cn3)CC2)c1. The Morgan fingerprint density at radius 2 is 1.83 bits per heavy atom. The highest BCUT2D eigenvalue weighted by atomic mass is 35.5. The molecule has 4 rings (SSSR count). The third-order valence-electron chi connectivity index (χ3n) is 5.85. The highest BCUT2D eigenvalue weighted by molar-refractivity contribution is 6.30. The van der Waals surface area contributed by atoms with E-state index >= 15 is 0 Å². The predicted octanol–water partition coefficient (Wildman–Crippen LogP) is 3.90. The Balaban J connectivity index is 1.32. The van der Waals surface area contributed by atoms with Crippen LogP contribution in [0.1, 0.15) is 39.1 Å². The van der Waals surface area contributed by atoms with Crippen LogP contribution in [0.3, 0.4) is 0 Å². The van der Waals surface area contributed by atoms with Crippen molar-refractivity contribution in [3.8, 4) is 5.75 Å². The predicted molar refractivity (Wildman–Crippen MR) is 132 cm³/mol. The number of likely N-dealkylation sites (tertiary alicyclic amines) is 1. The molecule has 35 heavy (non-hydrogen) atoms. The molecule has 0 bridgehead atoms. The molecule has 3 amide bonds. The van der Waals surface area contributed by atoms with E-state index in [1.54, 1.807) is 59.5 Å². The first-order valence-corrected chi connectivity index (χ1v) is 11.6. The molecule has 1 aliphatic heterocycles. The number of carbonyl (C=O) groups is 3. The Morgan fingerprint density at radius 1 is 1.06 bits per heavy atom. The van der Waals surface area contributed by atoms with E-state index in [2.05, 4.69) is 10.3 Å². The van der Waals surface area contributed by atoms with E-state index in [9.17, 15) is 14.4 Å². The lowest BCUT2D eigenvalue weighted by Gasteiger charge is -2.31. The first kappa shape index (κ1) is 24.2. The van der Waals surface area contributed by atoms with Gasteiger partial charge in [-0.2, -0.15) is 0 Å². The van der Waals surface area contributed by atoms with Crippen LogP contribution in [0, 0.1) is 5.92 Å². The molecule has 9 heteroatoms. The molecule has 0 atom stereocenters. The molecule has 0 radical (unpaired) electrons. The monoisotopic (exact) mass is 492 g/mol. The van der Waals surface area contributed by atoms with Gasteiger partial charge < -0.3 is 20.7 Å². The molecule has 180 valence electrons. The quantitative estimate of drug-likeness (QED) is 0.519. The highest BCUT2D eigenvalue weighted by Gasteiger charge is 2.28. The average molecular weight is 493 g/mol.